The van der Waals surface area contributed by atoms with Crippen LogP contribution in [0, 0.1) is 0 Å². The van der Waals surface area contributed by atoms with E-state index in [9.17, 15) is 9.36 Å². The third kappa shape index (κ3) is 6.88. The molecule has 0 spiro atoms. The first kappa shape index (κ1) is 13.4. The molecule has 0 bridgehead atoms. The Bertz CT molecular complexity index is 216. The van der Waals surface area contributed by atoms with Gasteiger partial charge in [0.1, 0.15) is 0 Å². The summed E-state index contributed by atoms with van der Waals surface area (Å²) < 4.78 is 29.4. The first-order chi connectivity index (χ1) is 6.52. The lowest BCUT2D eigenvalue weighted by molar-refractivity contribution is 0.0682. The second kappa shape index (κ2) is 6.81. The van der Waals surface area contributed by atoms with E-state index in [0.29, 0.717) is 6.42 Å². The van der Waals surface area contributed by atoms with Gasteiger partial charge < -0.3 is 18.5 Å². The SMILES string of the molecule is COC(=O)OCCCOP(C)(=O)OC. The van der Waals surface area contributed by atoms with E-state index >= 15 is 0 Å². The van der Waals surface area contributed by atoms with Gasteiger partial charge in [0, 0.05) is 20.2 Å². The average molecular weight is 226 g/mol. The Hall–Kier alpha value is -0.580. The Kier molecular flexibility index (Phi) is 6.53. The Morgan fingerprint density at radius 3 is 2.43 bits per heavy atom. The first-order valence-corrected chi connectivity index (χ1v) is 5.99. The molecule has 0 N–H and O–H groups in total. The molecule has 0 aromatic heterocycles. The second-order valence-electron chi connectivity index (χ2n) is 2.44. The van der Waals surface area contributed by atoms with E-state index < -0.39 is 13.8 Å². The Morgan fingerprint density at radius 2 is 1.93 bits per heavy atom. The second-order valence-corrected chi connectivity index (χ2v) is 4.61. The standard InChI is InChI=1S/C7H15O6P/c1-10-7(8)12-5-4-6-13-14(3,9)11-2/h4-6H2,1-3H3. The van der Waals surface area contributed by atoms with Gasteiger partial charge in [-0.1, -0.05) is 0 Å². The van der Waals surface area contributed by atoms with Gasteiger partial charge in [-0.05, 0) is 0 Å². The largest absolute Gasteiger partial charge is 0.507 e. The van der Waals surface area contributed by atoms with Gasteiger partial charge in [0.25, 0.3) is 0 Å². The van der Waals surface area contributed by atoms with Crippen LogP contribution in [0.5, 0.6) is 0 Å². The van der Waals surface area contributed by atoms with Gasteiger partial charge >= 0.3 is 13.8 Å². The summed E-state index contributed by atoms with van der Waals surface area (Å²) in [7, 11) is -0.379. The maximum Gasteiger partial charge on any atom is 0.507 e. The zero-order valence-corrected chi connectivity index (χ0v) is 9.41. The van der Waals surface area contributed by atoms with Gasteiger partial charge in [0.15, 0.2) is 0 Å². The number of rotatable bonds is 6. The van der Waals surface area contributed by atoms with Crippen molar-refractivity contribution in [2.75, 3.05) is 34.1 Å². The van der Waals surface area contributed by atoms with Gasteiger partial charge in [-0.3, -0.25) is 4.57 Å². The first-order valence-electron chi connectivity index (χ1n) is 4.00. The number of hydrogen-bond acceptors (Lipinski definition) is 6. The van der Waals surface area contributed by atoms with Crippen LogP contribution >= 0.6 is 7.60 Å². The number of methoxy groups -OCH3 is 1. The molecule has 0 rings (SSSR count). The predicted molar refractivity (Wildman–Crippen MR) is 49.5 cm³/mol. The van der Waals surface area contributed by atoms with Crippen LogP contribution in [0.1, 0.15) is 6.42 Å². The number of carbonyl (C=O) groups is 1. The topological polar surface area (TPSA) is 71.1 Å². The molecule has 0 saturated heterocycles. The molecule has 0 aromatic rings. The number of carbonyl (C=O) groups excluding carboxylic acids is 1. The highest BCUT2D eigenvalue weighted by Crippen LogP contribution is 2.42. The highest BCUT2D eigenvalue weighted by Gasteiger charge is 2.13. The Balaban J connectivity index is 3.39. The van der Waals surface area contributed by atoms with Crippen molar-refractivity contribution in [3.05, 3.63) is 0 Å². The molecule has 0 fully saturated rings. The van der Waals surface area contributed by atoms with Gasteiger partial charge in [0.2, 0.25) is 0 Å². The molecule has 0 aromatic carbocycles. The molecule has 0 aliphatic rings. The normalized spacial score (nSPS) is 14.5. The molecule has 0 amide bonds. The lowest BCUT2D eigenvalue weighted by Crippen LogP contribution is -2.07. The van der Waals surface area contributed by atoms with Crippen LogP contribution in [0.15, 0.2) is 0 Å². The van der Waals surface area contributed by atoms with E-state index in [0.717, 1.165) is 0 Å². The molecular formula is C7H15O6P. The van der Waals surface area contributed by atoms with Gasteiger partial charge in [-0.2, -0.15) is 0 Å². The van der Waals surface area contributed by atoms with Gasteiger partial charge in [-0.15, -0.1) is 0 Å². The molecule has 0 heterocycles. The molecule has 0 saturated carbocycles. The zero-order valence-electron chi connectivity index (χ0n) is 8.52. The van der Waals surface area contributed by atoms with E-state index in [4.69, 9.17) is 4.52 Å². The van der Waals surface area contributed by atoms with E-state index in [1.54, 1.807) is 0 Å². The summed E-state index contributed by atoms with van der Waals surface area (Å²) in [5.41, 5.74) is 0. The predicted octanol–water partition coefficient (Wildman–Crippen LogP) is 1.65. The quantitative estimate of drug-likeness (QED) is 0.389. The van der Waals surface area contributed by atoms with Crippen molar-refractivity contribution in [3.63, 3.8) is 0 Å². The van der Waals surface area contributed by atoms with Crippen LogP contribution in [0.25, 0.3) is 0 Å². The number of hydrogen-bond donors (Lipinski definition) is 0. The molecule has 6 nitrogen and oxygen atoms in total. The molecule has 0 aliphatic heterocycles. The summed E-state index contributed by atoms with van der Waals surface area (Å²) in [4.78, 5) is 10.5. The van der Waals surface area contributed by atoms with E-state index in [1.807, 2.05) is 0 Å². The summed E-state index contributed by atoms with van der Waals surface area (Å²) in [6.07, 6.45) is -0.299. The van der Waals surface area contributed by atoms with Crippen LogP contribution < -0.4 is 0 Å². The minimum Gasteiger partial charge on any atom is -0.438 e. The van der Waals surface area contributed by atoms with Crippen molar-refractivity contribution in [1.82, 2.24) is 0 Å². The summed E-state index contributed by atoms with van der Waals surface area (Å²) in [6, 6.07) is 0. The molecule has 84 valence electrons. The molecule has 14 heavy (non-hydrogen) atoms. The lowest BCUT2D eigenvalue weighted by Gasteiger charge is -2.10. The molecule has 1 unspecified atom stereocenters. The fraction of sp³-hybridized carbons (Fsp3) is 0.857. The minimum atomic E-state index is -2.92. The molecule has 7 heteroatoms. The Labute approximate surface area is 83.0 Å². The van der Waals surface area contributed by atoms with Crippen LogP contribution in [0.4, 0.5) is 4.79 Å². The highest BCUT2D eigenvalue weighted by molar-refractivity contribution is 7.52. The maximum absolute atomic E-state index is 11.2. The van der Waals surface area contributed by atoms with E-state index in [-0.39, 0.29) is 13.2 Å². The average Bonchev–Trinajstić information content (AvgIpc) is 2.17. The monoisotopic (exact) mass is 226 g/mol. The Morgan fingerprint density at radius 1 is 1.29 bits per heavy atom. The third-order valence-electron chi connectivity index (χ3n) is 1.33. The molecule has 0 aliphatic carbocycles. The summed E-state index contributed by atoms with van der Waals surface area (Å²) in [5.74, 6) is 0. The zero-order chi connectivity index (χ0) is 11.0. The third-order valence-corrected chi connectivity index (χ3v) is 2.65. The molecular weight excluding hydrogens is 211 g/mol. The minimum absolute atomic E-state index is 0.163. The smallest absolute Gasteiger partial charge is 0.438 e. The van der Waals surface area contributed by atoms with Crippen molar-refractivity contribution in [1.29, 1.82) is 0 Å². The van der Waals surface area contributed by atoms with Crippen LogP contribution in [-0.4, -0.2) is 40.3 Å². The van der Waals surface area contributed by atoms with Crippen molar-refractivity contribution in [3.8, 4) is 0 Å². The highest BCUT2D eigenvalue weighted by atomic mass is 31.2. The summed E-state index contributed by atoms with van der Waals surface area (Å²) in [5, 5.41) is 0. The van der Waals surface area contributed by atoms with E-state index in [2.05, 4.69) is 14.0 Å². The summed E-state index contributed by atoms with van der Waals surface area (Å²) >= 11 is 0. The van der Waals surface area contributed by atoms with Crippen LogP contribution in [-0.2, 0) is 23.1 Å². The number of ether oxygens (including phenoxy) is 2. The van der Waals surface area contributed by atoms with Crippen molar-refractivity contribution >= 4 is 13.8 Å². The van der Waals surface area contributed by atoms with E-state index in [1.165, 1.54) is 20.9 Å². The fourth-order valence-corrected chi connectivity index (χ4v) is 1.12. The van der Waals surface area contributed by atoms with Crippen molar-refractivity contribution < 1.29 is 27.9 Å². The molecule has 1 atom stereocenters. The lowest BCUT2D eigenvalue weighted by atomic mass is 10.5. The van der Waals surface area contributed by atoms with Crippen molar-refractivity contribution in [2.45, 2.75) is 6.42 Å². The van der Waals surface area contributed by atoms with Crippen LogP contribution in [0.2, 0.25) is 0 Å². The maximum atomic E-state index is 11.2. The fourth-order valence-electron chi connectivity index (χ4n) is 0.556. The van der Waals surface area contributed by atoms with Gasteiger partial charge in [0.05, 0.1) is 20.3 Å². The van der Waals surface area contributed by atoms with Crippen molar-refractivity contribution in [2.24, 2.45) is 0 Å². The molecule has 0 radical (unpaired) electrons. The summed E-state index contributed by atoms with van der Waals surface area (Å²) in [6.45, 7) is 1.74. The van der Waals surface area contributed by atoms with Gasteiger partial charge in [-0.25, -0.2) is 4.79 Å². The van der Waals surface area contributed by atoms with Crippen LogP contribution in [0.3, 0.4) is 0 Å².